The third-order valence-corrected chi connectivity index (χ3v) is 6.25. The molecular formula is C27H35N5O3. The van der Waals surface area contributed by atoms with E-state index in [2.05, 4.69) is 37.3 Å². The highest BCUT2D eigenvalue weighted by atomic mass is 16.5. The Kier molecular flexibility index (Phi) is 8.83. The van der Waals surface area contributed by atoms with Crippen LogP contribution >= 0.6 is 0 Å². The van der Waals surface area contributed by atoms with Gasteiger partial charge < -0.3 is 10.1 Å². The second-order valence-electron chi connectivity index (χ2n) is 9.78. The van der Waals surface area contributed by atoms with Crippen LogP contribution in [0.15, 0.2) is 48.8 Å². The van der Waals surface area contributed by atoms with Crippen LogP contribution in [-0.2, 0) is 19.7 Å². The lowest BCUT2D eigenvalue weighted by Crippen LogP contribution is -2.50. The number of nitrogens with zero attached hydrogens (tertiary/aromatic N) is 4. The quantitative estimate of drug-likeness (QED) is 0.438. The molecule has 1 unspecified atom stereocenters. The second-order valence-corrected chi connectivity index (χ2v) is 9.78. The summed E-state index contributed by atoms with van der Waals surface area (Å²) in [6, 6.07) is 9.75. The first-order chi connectivity index (χ1) is 16.8. The fourth-order valence-corrected chi connectivity index (χ4v) is 4.31. The Hall–Kier alpha value is -3.44. The lowest BCUT2D eigenvalue weighted by molar-refractivity contribution is -0.128. The van der Waals surface area contributed by atoms with Crippen molar-refractivity contribution in [2.75, 3.05) is 31.7 Å². The lowest BCUT2D eigenvalue weighted by atomic mass is 9.87. The van der Waals surface area contributed by atoms with Crippen molar-refractivity contribution in [2.45, 2.75) is 57.5 Å². The van der Waals surface area contributed by atoms with Gasteiger partial charge in [-0.15, -0.1) is 0 Å². The maximum absolute atomic E-state index is 14.0. The predicted molar refractivity (Wildman–Crippen MR) is 134 cm³/mol. The molecule has 1 aromatic heterocycles. The lowest BCUT2D eigenvalue weighted by Gasteiger charge is -2.34. The number of carbonyl (C=O) groups excluding carboxylic acids is 2. The average molecular weight is 478 g/mol. The van der Waals surface area contributed by atoms with Crippen LogP contribution < -0.4 is 10.2 Å². The minimum Gasteiger partial charge on any atom is -0.385 e. The zero-order valence-corrected chi connectivity index (χ0v) is 21.0. The second kappa shape index (κ2) is 11.8. The van der Waals surface area contributed by atoms with Crippen LogP contribution in [0.1, 0.15) is 57.2 Å². The van der Waals surface area contributed by atoms with E-state index in [1.54, 1.807) is 31.6 Å². The van der Waals surface area contributed by atoms with Gasteiger partial charge in [-0.3, -0.25) is 24.4 Å². The number of nitrogens with one attached hydrogen (secondary N) is 1. The van der Waals surface area contributed by atoms with Gasteiger partial charge in [-0.1, -0.05) is 39.0 Å². The van der Waals surface area contributed by atoms with Gasteiger partial charge in [-0.25, -0.2) is 0 Å². The van der Waals surface area contributed by atoms with Crippen LogP contribution in [0.4, 0.5) is 5.69 Å². The number of rotatable bonds is 9. The summed E-state index contributed by atoms with van der Waals surface area (Å²) in [6.45, 7) is 7.85. The van der Waals surface area contributed by atoms with Gasteiger partial charge in [0.2, 0.25) is 5.91 Å². The predicted octanol–water partition coefficient (Wildman–Crippen LogP) is 3.55. The fraction of sp³-hybridized carbons (Fsp3) is 0.481. The van der Waals surface area contributed by atoms with Gasteiger partial charge in [0.05, 0.1) is 0 Å². The number of nitriles is 1. The van der Waals surface area contributed by atoms with Crippen molar-refractivity contribution in [2.24, 2.45) is 0 Å². The molecule has 1 saturated heterocycles. The SMILES string of the molecule is COCCCNC(=O)C(c1cccnc1)N(C(=O)[C@H]1CCCN1C#N)c1ccc(C(C)(C)C)cc1. The number of pyridine rings is 1. The van der Waals surface area contributed by atoms with Gasteiger partial charge >= 0.3 is 0 Å². The Morgan fingerprint density at radius 1 is 1.29 bits per heavy atom. The van der Waals surface area contributed by atoms with E-state index < -0.39 is 12.1 Å². The van der Waals surface area contributed by atoms with Crippen LogP contribution in [-0.4, -0.2) is 54.5 Å². The Morgan fingerprint density at radius 3 is 2.63 bits per heavy atom. The van der Waals surface area contributed by atoms with E-state index in [-0.39, 0.29) is 17.2 Å². The number of hydrogen-bond acceptors (Lipinski definition) is 6. The summed E-state index contributed by atoms with van der Waals surface area (Å²) in [5, 5.41) is 12.6. The molecule has 0 spiro atoms. The third kappa shape index (κ3) is 6.37. The first-order valence-electron chi connectivity index (χ1n) is 12.0. The molecule has 0 aliphatic carbocycles. The molecule has 8 heteroatoms. The molecule has 0 bridgehead atoms. The molecule has 35 heavy (non-hydrogen) atoms. The summed E-state index contributed by atoms with van der Waals surface area (Å²) in [4.78, 5) is 34.8. The minimum absolute atomic E-state index is 0.0576. The van der Waals surface area contributed by atoms with E-state index in [1.807, 2.05) is 24.3 Å². The first-order valence-corrected chi connectivity index (χ1v) is 12.0. The maximum atomic E-state index is 14.0. The molecule has 2 aromatic rings. The minimum atomic E-state index is -0.930. The topological polar surface area (TPSA) is 98.6 Å². The molecule has 0 radical (unpaired) electrons. The zero-order valence-electron chi connectivity index (χ0n) is 21.0. The number of hydrogen-bond donors (Lipinski definition) is 1. The van der Waals surface area contributed by atoms with Crippen molar-refractivity contribution < 1.29 is 14.3 Å². The standard InChI is InChI=1S/C27H35N5O3/c1-27(2,3)21-10-12-22(13-11-21)32(26(34)23-9-6-16-31(23)19-28)24(20-8-5-14-29-18-20)25(33)30-15-7-17-35-4/h5,8,10-14,18,23-24H,6-7,9,15-17H2,1-4H3,(H,30,33)/t23-,24?/m1/s1. The molecule has 2 heterocycles. The van der Waals surface area contributed by atoms with E-state index in [0.29, 0.717) is 43.8 Å². The van der Waals surface area contributed by atoms with Crippen LogP contribution in [0.5, 0.6) is 0 Å². The van der Waals surface area contributed by atoms with E-state index in [9.17, 15) is 14.9 Å². The normalized spacial score (nSPS) is 16.4. The van der Waals surface area contributed by atoms with Crippen molar-refractivity contribution in [3.8, 4) is 6.19 Å². The molecule has 186 valence electrons. The summed E-state index contributed by atoms with van der Waals surface area (Å²) >= 11 is 0. The third-order valence-electron chi connectivity index (χ3n) is 6.25. The van der Waals surface area contributed by atoms with Crippen molar-refractivity contribution in [3.63, 3.8) is 0 Å². The summed E-state index contributed by atoms with van der Waals surface area (Å²) < 4.78 is 5.09. The van der Waals surface area contributed by atoms with E-state index in [1.165, 1.54) is 9.80 Å². The number of ether oxygens (including phenoxy) is 1. The highest BCUT2D eigenvalue weighted by Crippen LogP contribution is 2.33. The Labute approximate surface area is 207 Å². The van der Waals surface area contributed by atoms with Crippen molar-refractivity contribution in [3.05, 3.63) is 59.9 Å². The van der Waals surface area contributed by atoms with Crippen LogP contribution in [0.2, 0.25) is 0 Å². The van der Waals surface area contributed by atoms with Crippen molar-refractivity contribution in [1.29, 1.82) is 5.26 Å². The van der Waals surface area contributed by atoms with Gasteiger partial charge in [0.25, 0.3) is 5.91 Å². The van der Waals surface area contributed by atoms with Gasteiger partial charge in [0.15, 0.2) is 6.19 Å². The average Bonchev–Trinajstić information content (AvgIpc) is 3.34. The summed E-state index contributed by atoms with van der Waals surface area (Å²) in [5.41, 5.74) is 2.27. The van der Waals surface area contributed by atoms with Crippen LogP contribution in [0.3, 0.4) is 0 Å². The first kappa shape index (κ1) is 26.2. The van der Waals surface area contributed by atoms with Crippen LogP contribution in [0, 0.1) is 11.5 Å². The van der Waals surface area contributed by atoms with Crippen molar-refractivity contribution >= 4 is 17.5 Å². The highest BCUT2D eigenvalue weighted by molar-refractivity contribution is 6.04. The molecular weight excluding hydrogens is 442 g/mol. The van der Waals surface area contributed by atoms with Gasteiger partial charge in [0, 0.05) is 50.5 Å². The maximum Gasteiger partial charge on any atom is 0.251 e. The van der Waals surface area contributed by atoms with Crippen molar-refractivity contribution in [1.82, 2.24) is 15.2 Å². The molecule has 1 N–H and O–H groups in total. The smallest absolute Gasteiger partial charge is 0.251 e. The zero-order chi connectivity index (χ0) is 25.4. The number of likely N-dealkylation sites (tertiary alicyclic amines) is 1. The van der Waals surface area contributed by atoms with E-state index >= 15 is 0 Å². The molecule has 0 saturated carbocycles. The molecule has 3 rings (SSSR count). The summed E-state index contributed by atoms with van der Waals surface area (Å²) in [7, 11) is 1.62. The van der Waals surface area contributed by atoms with E-state index in [0.717, 1.165) is 12.0 Å². The molecule has 1 aliphatic heterocycles. The Morgan fingerprint density at radius 2 is 2.03 bits per heavy atom. The number of carbonyl (C=O) groups is 2. The molecule has 1 fully saturated rings. The van der Waals surface area contributed by atoms with Gasteiger partial charge in [-0.2, -0.15) is 5.26 Å². The largest absolute Gasteiger partial charge is 0.385 e. The monoisotopic (exact) mass is 477 g/mol. The fourth-order valence-electron chi connectivity index (χ4n) is 4.31. The number of methoxy groups -OCH3 is 1. The number of benzene rings is 1. The highest BCUT2D eigenvalue weighted by Gasteiger charge is 2.40. The molecule has 1 aliphatic rings. The molecule has 2 atom stereocenters. The summed E-state index contributed by atoms with van der Waals surface area (Å²) in [6.07, 6.45) is 7.36. The Bertz CT molecular complexity index is 1030. The number of anilines is 1. The molecule has 1 aromatic carbocycles. The Balaban J connectivity index is 2.06. The van der Waals surface area contributed by atoms with Gasteiger partial charge in [-0.05, 0) is 48.4 Å². The summed E-state index contributed by atoms with van der Waals surface area (Å²) in [5.74, 6) is -0.572. The molecule has 8 nitrogen and oxygen atoms in total. The van der Waals surface area contributed by atoms with E-state index in [4.69, 9.17) is 4.74 Å². The molecule has 2 amide bonds. The number of aromatic nitrogens is 1. The van der Waals surface area contributed by atoms with Crippen LogP contribution in [0.25, 0.3) is 0 Å². The van der Waals surface area contributed by atoms with Gasteiger partial charge in [0.1, 0.15) is 12.1 Å². The number of amides is 2.